The number of hydrogen-bond donors (Lipinski definition) is 0. The largest absolute Gasteiger partial charge is 0.383 e. The van der Waals surface area contributed by atoms with E-state index in [1.54, 1.807) is 30.2 Å². The predicted molar refractivity (Wildman–Crippen MR) is 85.6 cm³/mol. The van der Waals surface area contributed by atoms with Crippen LogP contribution in [0.5, 0.6) is 0 Å². The molecular weight excluding hydrogens is 296 g/mol. The van der Waals surface area contributed by atoms with E-state index in [0.717, 1.165) is 12.4 Å². The highest BCUT2D eigenvalue weighted by molar-refractivity contribution is 5.90. The summed E-state index contributed by atoms with van der Waals surface area (Å²) in [5.41, 5.74) is 0. The van der Waals surface area contributed by atoms with Gasteiger partial charge < -0.3 is 19.1 Å². The molecule has 1 aliphatic heterocycles. The van der Waals surface area contributed by atoms with Gasteiger partial charge >= 0.3 is 0 Å². The fourth-order valence-electron chi connectivity index (χ4n) is 3.18. The van der Waals surface area contributed by atoms with E-state index in [9.17, 15) is 9.59 Å². The van der Waals surface area contributed by atoms with E-state index in [2.05, 4.69) is 4.98 Å². The standard InChI is InChI=1S/C16H26N4O3/c1-5-19-8-7-17-15(19)14-12(11-13(21)20(14)6-2)16(22)18(3)9-10-23-4/h7-8,12,14H,5-6,9-11H2,1-4H3/t12-,14-/m0/s1. The monoisotopic (exact) mass is 322 g/mol. The normalized spacial score (nSPS) is 21.0. The van der Waals surface area contributed by atoms with E-state index in [1.807, 2.05) is 24.6 Å². The molecule has 0 unspecified atom stereocenters. The lowest BCUT2D eigenvalue weighted by atomic mass is 9.97. The van der Waals surface area contributed by atoms with Gasteiger partial charge in [0.15, 0.2) is 0 Å². The molecule has 2 amide bonds. The molecule has 2 atom stereocenters. The third-order valence-corrected chi connectivity index (χ3v) is 4.45. The lowest BCUT2D eigenvalue weighted by molar-refractivity contribution is -0.135. The van der Waals surface area contributed by atoms with Crippen molar-refractivity contribution < 1.29 is 14.3 Å². The first kappa shape index (κ1) is 17.5. The van der Waals surface area contributed by atoms with Gasteiger partial charge in [0.05, 0.1) is 12.5 Å². The average Bonchev–Trinajstić information content (AvgIpc) is 3.14. The highest BCUT2D eigenvalue weighted by Gasteiger charge is 2.46. The zero-order chi connectivity index (χ0) is 17.0. The van der Waals surface area contributed by atoms with Crippen molar-refractivity contribution >= 4 is 11.8 Å². The molecule has 128 valence electrons. The number of likely N-dealkylation sites (N-methyl/N-ethyl adjacent to an activating group) is 1. The summed E-state index contributed by atoms with van der Waals surface area (Å²) in [6.07, 6.45) is 3.86. The zero-order valence-electron chi connectivity index (χ0n) is 14.4. The van der Waals surface area contributed by atoms with Crippen LogP contribution < -0.4 is 0 Å². The van der Waals surface area contributed by atoms with Crippen LogP contribution in [0.2, 0.25) is 0 Å². The number of nitrogens with zero attached hydrogens (tertiary/aromatic N) is 4. The molecule has 23 heavy (non-hydrogen) atoms. The fraction of sp³-hybridized carbons (Fsp3) is 0.688. The Balaban J connectivity index is 2.29. The minimum Gasteiger partial charge on any atom is -0.383 e. The second kappa shape index (κ2) is 7.59. The molecule has 1 aliphatic rings. The predicted octanol–water partition coefficient (Wildman–Crippen LogP) is 0.917. The summed E-state index contributed by atoms with van der Waals surface area (Å²) in [5.74, 6) is 0.388. The molecule has 2 heterocycles. The van der Waals surface area contributed by atoms with Gasteiger partial charge in [-0.15, -0.1) is 0 Å². The minimum absolute atomic E-state index is 0.0154. The Bertz CT molecular complexity index is 557. The van der Waals surface area contributed by atoms with E-state index in [0.29, 0.717) is 19.7 Å². The number of carbonyl (C=O) groups excluding carboxylic acids is 2. The van der Waals surface area contributed by atoms with Gasteiger partial charge in [-0.3, -0.25) is 9.59 Å². The Morgan fingerprint density at radius 2 is 2.17 bits per heavy atom. The van der Waals surface area contributed by atoms with Crippen molar-refractivity contribution in [1.29, 1.82) is 0 Å². The maximum absolute atomic E-state index is 12.8. The van der Waals surface area contributed by atoms with Crippen LogP contribution in [-0.4, -0.2) is 65.0 Å². The second-order valence-electron chi connectivity index (χ2n) is 5.76. The smallest absolute Gasteiger partial charge is 0.228 e. The van der Waals surface area contributed by atoms with Crippen LogP contribution in [-0.2, 0) is 20.9 Å². The van der Waals surface area contributed by atoms with Crippen LogP contribution in [0.25, 0.3) is 0 Å². The number of amides is 2. The van der Waals surface area contributed by atoms with Crippen molar-refractivity contribution in [3.8, 4) is 0 Å². The first-order valence-corrected chi connectivity index (χ1v) is 8.09. The van der Waals surface area contributed by atoms with Crippen molar-refractivity contribution in [1.82, 2.24) is 19.4 Å². The summed E-state index contributed by atoms with van der Waals surface area (Å²) >= 11 is 0. The number of rotatable bonds is 7. The molecule has 0 radical (unpaired) electrons. The topological polar surface area (TPSA) is 67.7 Å². The Morgan fingerprint density at radius 3 is 2.78 bits per heavy atom. The van der Waals surface area contributed by atoms with E-state index in [-0.39, 0.29) is 24.3 Å². The van der Waals surface area contributed by atoms with Crippen LogP contribution in [0.3, 0.4) is 0 Å². The van der Waals surface area contributed by atoms with Gasteiger partial charge in [0.1, 0.15) is 11.9 Å². The van der Waals surface area contributed by atoms with E-state index in [4.69, 9.17) is 4.74 Å². The Labute approximate surface area is 137 Å². The highest BCUT2D eigenvalue weighted by Crippen LogP contribution is 2.38. The molecule has 0 aromatic carbocycles. The lowest BCUT2D eigenvalue weighted by Crippen LogP contribution is -2.39. The number of hydrogen-bond acceptors (Lipinski definition) is 4. The number of aryl methyl sites for hydroxylation is 1. The summed E-state index contributed by atoms with van der Waals surface area (Å²) < 4.78 is 7.04. The maximum atomic E-state index is 12.8. The molecule has 0 spiro atoms. The summed E-state index contributed by atoms with van der Waals surface area (Å²) in [7, 11) is 3.36. The second-order valence-corrected chi connectivity index (χ2v) is 5.76. The third-order valence-electron chi connectivity index (χ3n) is 4.45. The molecule has 1 fully saturated rings. The van der Waals surface area contributed by atoms with Gasteiger partial charge in [-0.25, -0.2) is 4.98 Å². The maximum Gasteiger partial charge on any atom is 0.228 e. The van der Waals surface area contributed by atoms with E-state index < -0.39 is 5.92 Å². The van der Waals surface area contributed by atoms with Crippen molar-refractivity contribution in [2.75, 3.05) is 33.9 Å². The number of aromatic nitrogens is 2. The van der Waals surface area contributed by atoms with Gasteiger partial charge in [-0.2, -0.15) is 0 Å². The molecule has 7 nitrogen and oxygen atoms in total. The number of imidazole rings is 1. The lowest BCUT2D eigenvalue weighted by Gasteiger charge is -2.29. The van der Waals surface area contributed by atoms with Gasteiger partial charge in [-0.05, 0) is 13.8 Å². The van der Waals surface area contributed by atoms with Crippen LogP contribution in [0.1, 0.15) is 32.1 Å². The van der Waals surface area contributed by atoms with Crippen molar-refractivity contribution in [3.05, 3.63) is 18.2 Å². The SMILES string of the molecule is CCN1C(=O)C[C@H](C(=O)N(C)CCOC)[C@H]1c1nccn1CC. The molecule has 1 aromatic heterocycles. The molecule has 0 bridgehead atoms. The quantitative estimate of drug-likeness (QED) is 0.748. The zero-order valence-corrected chi connectivity index (χ0v) is 14.4. The van der Waals surface area contributed by atoms with Crippen LogP contribution >= 0.6 is 0 Å². The Hall–Kier alpha value is -1.89. The number of methoxy groups -OCH3 is 1. The number of likely N-dealkylation sites (tertiary alicyclic amines) is 1. The molecule has 7 heteroatoms. The van der Waals surface area contributed by atoms with Crippen LogP contribution in [0, 0.1) is 5.92 Å². The fourth-order valence-corrected chi connectivity index (χ4v) is 3.18. The Kier molecular flexibility index (Phi) is 5.76. The molecule has 0 N–H and O–H groups in total. The average molecular weight is 322 g/mol. The summed E-state index contributed by atoms with van der Waals surface area (Å²) in [6.45, 7) is 6.30. The minimum atomic E-state index is -0.392. The molecule has 1 saturated heterocycles. The first-order chi connectivity index (χ1) is 11.0. The molecule has 1 aromatic rings. The van der Waals surface area contributed by atoms with E-state index >= 15 is 0 Å². The molecular formula is C16H26N4O3. The summed E-state index contributed by atoms with van der Waals surface area (Å²) in [4.78, 5) is 33.0. The van der Waals surface area contributed by atoms with Gasteiger partial charge in [0.25, 0.3) is 0 Å². The molecule has 0 saturated carbocycles. The third kappa shape index (κ3) is 3.39. The van der Waals surface area contributed by atoms with Crippen molar-refractivity contribution in [2.45, 2.75) is 32.9 Å². The summed E-state index contributed by atoms with van der Waals surface area (Å²) in [6, 6.07) is -0.292. The van der Waals surface area contributed by atoms with Crippen molar-refractivity contribution in [2.24, 2.45) is 5.92 Å². The molecule has 2 rings (SSSR count). The first-order valence-electron chi connectivity index (χ1n) is 8.09. The highest BCUT2D eigenvalue weighted by atomic mass is 16.5. The van der Waals surface area contributed by atoms with E-state index in [1.165, 1.54) is 0 Å². The number of carbonyl (C=O) groups is 2. The van der Waals surface area contributed by atoms with Gasteiger partial charge in [0, 0.05) is 52.6 Å². The Morgan fingerprint density at radius 1 is 1.43 bits per heavy atom. The number of ether oxygens (including phenoxy) is 1. The summed E-state index contributed by atoms with van der Waals surface area (Å²) in [5, 5.41) is 0. The van der Waals surface area contributed by atoms with Gasteiger partial charge in [0.2, 0.25) is 11.8 Å². The van der Waals surface area contributed by atoms with Gasteiger partial charge in [-0.1, -0.05) is 0 Å². The van der Waals surface area contributed by atoms with Crippen molar-refractivity contribution in [3.63, 3.8) is 0 Å². The van der Waals surface area contributed by atoms with Crippen LogP contribution in [0.15, 0.2) is 12.4 Å². The molecule has 0 aliphatic carbocycles. The van der Waals surface area contributed by atoms with Crippen LogP contribution in [0.4, 0.5) is 0 Å².